The van der Waals surface area contributed by atoms with Gasteiger partial charge in [-0.25, -0.2) is 0 Å². The Morgan fingerprint density at radius 2 is 1.76 bits per heavy atom. The average molecular weight is 687 g/mol. The van der Waals surface area contributed by atoms with E-state index in [1.165, 1.54) is 0 Å². The second-order valence-corrected chi connectivity index (χ2v) is 14.3. The number of benzene rings is 1. The molecule has 0 unspecified atom stereocenters. The number of amides is 3. The third-order valence-electron chi connectivity index (χ3n) is 9.27. The summed E-state index contributed by atoms with van der Waals surface area (Å²) in [6.45, 7) is 8.23. The second kappa shape index (κ2) is 13.4. The molecule has 0 saturated carbocycles. The normalized spacial score (nSPS) is 33.2. The molecule has 3 amide bonds. The first kappa shape index (κ1) is 33.3. The number of hydrogen-bond acceptors (Lipinski definition) is 7. The number of fused-ring (bicyclic) bond motifs is 2. The Morgan fingerprint density at radius 3 is 2.44 bits per heavy atom. The maximum Gasteiger partial charge on any atom is 0.313 e. The van der Waals surface area contributed by atoms with Crippen LogP contribution < -0.4 is 5.32 Å². The first-order valence-corrected chi connectivity index (χ1v) is 16.7. The number of hydrogen-bond donors (Lipinski definition) is 2. The van der Waals surface area contributed by atoms with Crippen LogP contribution in [0.5, 0.6) is 0 Å². The summed E-state index contributed by atoms with van der Waals surface area (Å²) in [6.07, 6.45) is 6.54. The summed E-state index contributed by atoms with van der Waals surface area (Å²) in [4.78, 5) is 59.6. The van der Waals surface area contributed by atoms with Crippen molar-refractivity contribution in [1.29, 1.82) is 0 Å². The molecule has 1 aromatic carbocycles. The highest BCUT2D eigenvalue weighted by Gasteiger charge is 2.75. The molecule has 45 heavy (non-hydrogen) atoms. The summed E-state index contributed by atoms with van der Waals surface area (Å²) in [6, 6.07) is 7.67. The minimum Gasteiger partial charge on any atom is -0.455 e. The molecular formula is C34H44BrN3O7. The standard InChI is InChI=1S/C34H44BrN3O7/c1-21-27(22-14-8-5-9-15-22)44-32(43)25-26-30(41)37(17-11-7-13-19-39)29(34(26)20-23(35)28(25)45-34)31(42)38(33(2,3)4)18-12-6-10-16-24(40)36-21/h5-6,8-9,12,14-15,20-21,25-29,39H,7,10-11,13,16-19H2,1-4H3,(H,36,40)/b12-6-/t21-,25+,26-,27+,28+,29+,34-/m1/s1. The van der Waals surface area contributed by atoms with Gasteiger partial charge in [-0.2, -0.15) is 0 Å². The number of rotatable bonds is 6. The lowest BCUT2D eigenvalue weighted by atomic mass is 9.74. The molecular weight excluding hydrogens is 642 g/mol. The third kappa shape index (κ3) is 6.36. The van der Waals surface area contributed by atoms with Crippen molar-refractivity contribution < 1.29 is 33.8 Å². The van der Waals surface area contributed by atoms with Gasteiger partial charge in [0.2, 0.25) is 17.7 Å². The van der Waals surface area contributed by atoms with Crippen LogP contribution in [0, 0.1) is 11.8 Å². The second-order valence-electron chi connectivity index (χ2n) is 13.4. The van der Waals surface area contributed by atoms with Crippen LogP contribution in [0.25, 0.3) is 0 Å². The maximum atomic E-state index is 14.7. The van der Waals surface area contributed by atoms with Gasteiger partial charge in [-0.05, 0) is 65.0 Å². The number of aliphatic hydroxyl groups excluding tert-OH is 1. The van der Waals surface area contributed by atoms with Gasteiger partial charge in [-0.15, -0.1) is 0 Å². The van der Waals surface area contributed by atoms with Crippen LogP contribution in [-0.4, -0.2) is 87.6 Å². The van der Waals surface area contributed by atoms with Crippen molar-refractivity contribution in [3.8, 4) is 0 Å². The number of esters is 1. The van der Waals surface area contributed by atoms with E-state index < -0.39 is 53.2 Å². The number of carbonyl (C=O) groups is 4. The van der Waals surface area contributed by atoms with Crippen molar-refractivity contribution in [3.63, 3.8) is 0 Å². The molecule has 4 aliphatic heterocycles. The Balaban J connectivity index is 1.60. The van der Waals surface area contributed by atoms with E-state index in [-0.39, 0.29) is 43.8 Å². The van der Waals surface area contributed by atoms with Gasteiger partial charge in [0.1, 0.15) is 29.8 Å². The summed E-state index contributed by atoms with van der Waals surface area (Å²) in [7, 11) is 0. The van der Waals surface area contributed by atoms with Crippen molar-refractivity contribution in [2.24, 2.45) is 11.8 Å². The quantitative estimate of drug-likeness (QED) is 0.265. The van der Waals surface area contributed by atoms with Gasteiger partial charge >= 0.3 is 5.97 Å². The van der Waals surface area contributed by atoms with Crippen LogP contribution in [0.2, 0.25) is 0 Å². The molecule has 2 fully saturated rings. The Hall–Kier alpha value is -3.02. The number of allylic oxidation sites excluding steroid dienone is 1. The molecule has 1 aromatic rings. The highest BCUT2D eigenvalue weighted by Crippen LogP contribution is 2.59. The Kier molecular flexibility index (Phi) is 9.91. The lowest BCUT2D eigenvalue weighted by Gasteiger charge is -2.41. The fourth-order valence-electron chi connectivity index (χ4n) is 7.14. The minimum atomic E-state index is -1.36. The number of cyclic esters (lactones) is 1. The molecule has 2 N–H and O–H groups in total. The van der Waals surface area contributed by atoms with E-state index in [0.717, 1.165) is 0 Å². The monoisotopic (exact) mass is 685 g/mol. The largest absolute Gasteiger partial charge is 0.455 e. The molecule has 0 aliphatic carbocycles. The lowest BCUT2D eigenvalue weighted by Crippen LogP contribution is -2.59. The lowest BCUT2D eigenvalue weighted by molar-refractivity contribution is -0.161. The molecule has 0 radical (unpaired) electrons. The number of unbranched alkanes of at least 4 members (excludes halogenated alkanes) is 2. The SMILES string of the molecule is C[C@H]1NC(=O)CC/C=C\CN(C(C)(C)C)C(=O)[C@@H]2N(CCCCCO)C(=O)[C@H]3[C@H](C(=O)O[C@@H]1c1ccccc1)[C@H]1O[C@@]23C=C1Br. The van der Waals surface area contributed by atoms with Crippen molar-refractivity contribution in [3.05, 3.63) is 58.6 Å². The van der Waals surface area contributed by atoms with E-state index in [9.17, 15) is 24.3 Å². The first-order chi connectivity index (χ1) is 21.4. The average Bonchev–Trinajstić information content (AvgIpc) is 3.58. The van der Waals surface area contributed by atoms with E-state index >= 15 is 0 Å². The highest BCUT2D eigenvalue weighted by atomic mass is 79.9. The number of ether oxygens (including phenoxy) is 2. The number of halogens is 1. The van der Waals surface area contributed by atoms with Crippen LogP contribution >= 0.6 is 15.9 Å². The van der Waals surface area contributed by atoms with E-state index in [2.05, 4.69) is 21.2 Å². The number of nitrogens with one attached hydrogen (secondary N) is 1. The molecule has 4 heterocycles. The van der Waals surface area contributed by atoms with E-state index in [1.54, 1.807) is 16.7 Å². The Bertz CT molecular complexity index is 1360. The zero-order chi connectivity index (χ0) is 32.5. The minimum absolute atomic E-state index is 0.0445. The number of likely N-dealkylation sites (tertiary alicyclic amines) is 1. The van der Waals surface area contributed by atoms with E-state index in [0.29, 0.717) is 35.7 Å². The van der Waals surface area contributed by atoms with Gasteiger partial charge in [0.25, 0.3) is 0 Å². The van der Waals surface area contributed by atoms with Gasteiger partial charge in [-0.1, -0.05) is 58.4 Å². The number of aliphatic hydroxyl groups is 1. The Morgan fingerprint density at radius 1 is 1.02 bits per heavy atom. The maximum absolute atomic E-state index is 14.7. The highest BCUT2D eigenvalue weighted by molar-refractivity contribution is 9.11. The molecule has 4 aliphatic rings. The molecule has 11 heteroatoms. The first-order valence-electron chi connectivity index (χ1n) is 15.9. The van der Waals surface area contributed by atoms with Crippen LogP contribution in [0.4, 0.5) is 0 Å². The van der Waals surface area contributed by atoms with E-state index in [4.69, 9.17) is 9.47 Å². The molecule has 5 rings (SSSR count). The van der Waals surface area contributed by atoms with Gasteiger partial charge in [0.15, 0.2) is 0 Å². The number of nitrogens with zero attached hydrogens (tertiary/aromatic N) is 2. The fourth-order valence-corrected chi connectivity index (χ4v) is 7.87. The van der Waals surface area contributed by atoms with Gasteiger partial charge in [0.05, 0.1) is 12.0 Å². The smallest absolute Gasteiger partial charge is 0.313 e. The predicted octanol–water partition coefficient (Wildman–Crippen LogP) is 3.79. The zero-order valence-electron chi connectivity index (χ0n) is 26.4. The van der Waals surface area contributed by atoms with Crippen molar-refractivity contribution >= 4 is 39.6 Å². The van der Waals surface area contributed by atoms with Crippen LogP contribution in [-0.2, 0) is 28.7 Å². The summed E-state index contributed by atoms with van der Waals surface area (Å²) < 4.78 is 13.4. The van der Waals surface area contributed by atoms with Crippen LogP contribution in [0.3, 0.4) is 0 Å². The molecule has 0 aromatic heterocycles. The third-order valence-corrected chi connectivity index (χ3v) is 9.95. The van der Waals surface area contributed by atoms with Crippen LogP contribution in [0.15, 0.2) is 53.0 Å². The van der Waals surface area contributed by atoms with Gasteiger partial charge < -0.3 is 29.7 Å². The molecule has 7 atom stereocenters. The van der Waals surface area contributed by atoms with Gasteiger partial charge in [0, 0.05) is 36.1 Å². The molecule has 5 bridgehead atoms. The number of carbonyl (C=O) groups excluding carboxylic acids is 4. The summed E-state index contributed by atoms with van der Waals surface area (Å²) in [5.41, 5.74) is -1.25. The Labute approximate surface area is 273 Å². The summed E-state index contributed by atoms with van der Waals surface area (Å²) in [5, 5.41) is 12.3. The van der Waals surface area contributed by atoms with E-state index in [1.807, 2.05) is 69.3 Å². The summed E-state index contributed by atoms with van der Waals surface area (Å²) in [5.74, 6) is -3.35. The molecule has 10 nitrogen and oxygen atoms in total. The predicted molar refractivity (Wildman–Crippen MR) is 171 cm³/mol. The van der Waals surface area contributed by atoms with Crippen molar-refractivity contribution in [2.75, 3.05) is 19.7 Å². The van der Waals surface area contributed by atoms with Crippen LogP contribution in [0.1, 0.15) is 71.5 Å². The van der Waals surface area contributed by atoms with Gasteiger partial charge in [-0.3, -0.25) is 19.2 Å². The topological polar surface area (TPSA) is 125 Å². The zero-order valence-corrected chi connectivity index (χ0v) is 28.0. The molecule has 2 saturated heterocycles. The van der Waals surface area contributed by atoms with Crippen molar-refractivity contribution in [2.45, 2.75) is 95.2 Å². The van der Waals surface area contributed by atoms with Crippen molar-refractivity contribution in [1.82, 2.24) is 15.1 Å². The molecule has 244 valence electrons. The summed E-state index contributed by atoms with van der Waals surface area (Å²) >= 11 is 3.60. The fraction of sp³-hybridized carbons (Fsp3) is 0.588. The molecule has 1 spiro atoms.